The van der Waals surface area contributed by atoms with E-state index in [-0.39, 0.29) is 12.0 Å². The number of amides is 2. The van der Waals surface area contributed by atoms with Crippen LogP contribution in [0.2, 0.25) is 0 Å². The fourth-order valence-electron chi connectivity index (χ4n) is 3.01. The van der Waals surface area contributed by atoms with E-state index in [4.69, 9.17) is 9.84 Å². The number of pyridine rings is 1. The second kappa shape index (κ2) is 9.18. The van der Waals surface area contributed by atoms with Gasteiger partial charge in [-0.15, -0.1) is 0 Å². The molecule has 0 bridgehead atoms. The van der Waals surface area contributed by atoms with Crippen molar-refractivity contribution in [2.45, 2.75) is 44.8 Å². The first kappa shape index (κ1) is 20.3. The third-order valence-corrected chi connectivity index (χ3v) is 4.71. The molecule has 2 aromatic rings. The predicted molar refractivity (Wildman–Crippen MR) is 106 cm³/mol. The quantitative estimate of drug-likeness (QED) is 0.661. The molecule has 0 spiro atoms. The Hall–Kier alpha value is -3.42. The van der Waals surface area contributed by atoms with Gasteiger partial charge in [-0.25, -0.2) is 4.98 Å². The number of carboxylic acid groups (broad SMARTS) is 1. The maximum atomic E-state index is 12.4. The van der Waals surface area contributed by atoms with Gasteiger partial charge in [0.15, 0.2) is 0 Å². The van der Waals surface area contributed by atoms with E-state index in [1.807, 2.05) is 0 Å². The first-order valence-corrected chi connectivity index (χ1v) is 9.50. The molecule has 1 unspecified atom stereocenters. The molecule has 29 heavy (non-hydrogen) atoms. The lowest BCUT2D eigenvalue weighted by Gasteiger charge is -2.12. The van der Waals surface area contributed by atoms with Crippen LogP contribution < -0.4 is 15.4 Å². The van der Waals surface area contributed by atoms with Gasteiger partial charge in [-0.1, -0.05) is 0 Å². The number of nitrogens with one attached hydrogen (secondary N) is 2. The van der Waals surface area contributed by atoms with E-state index in [0.717, 1.165) is 12.8 Å². The molecular weight excluding hydrogens is 374 g/mol. The van der Waals surface area contributed by atoms with E-state index in [0.29, 0.717) is 22.7 Å². The van der Waals surface area contributed by atoms with Crippen molar-refractivity contribution in [3.63, 3.8) is 0 Å². The van der Waals surface area contributed by atoms with E-state index in [1.54, 1.807) is 24.3 Å². The Kier molecular flexibility index (Phi) is 6.43. The highest BCUT2D eigenvalue weighted by Gasteiger charge is 2.18. The molecule has 1 atom stereocenters. The number of hydrogen-bond acceptors (Lipinski definition) is 5. The predicted octanol–water partition coefficient (Wildman–Crippen LogP) is 2.86. The Morgan fingerprint density at radius 2 is 1.69 bits per heavy atom. The van der Waals surface area contributed by atoms with Gasteiger partial charge in [-0.05, 0) is 62.9 Å². The van der Waals surface area contributed by atoms with Gasteiger partial charge in [-0.2, -0.15) is 0 Å². The summed E-state index contributed by atoms with van der Waals surface area (Å²) in [5.74, 6) is -1.43. The van der Waals surface area contributed by atoms with Gasteiger partial charge < -0.3 is 20.5 Å². The molecule has 3 rings (SSSR count). The largest absolute Gasteiger partial charge is 0.480 e. The van der Waals surface area contributed by atoms with Crippen LogP contribution >= 0.6 is 0 Å². The Bertz CT molecular complexity index is 874. The Labute approximate surface area is 168 Å². The zero-order valence-electron chi connectivity index (χ0n) is 16.1. The molecule has 152 valence electrons. The maximum Gasteiger partial charge on any atom is 0.325 e. The minimum absolute atomic E-state index is 0.205. The van der Waals surface area contributed by atoms with Crippen LogP contribution in [0.4, 0.5) is 5.69 Å². The monoisotopic (exact) mass is 397 g/mol. The molecule has 1 fully saturated rings. The topological polar surface area (TPSA) is 118 Å². The summed E-state index contributed by atoms with van der Waals surface area (Å²) in [5.41, 5.74) is 1.19. The van der Waals surface area contributed by atoms with Crippen LogP contribution in [0.25, 0.3) is 0 Å². The number of nitrogens with zero attached hydrogens (tertiary/aromatic N) is 1. The number of ether oxygens (including phenoxy) is 1. The minimum atomic E-state index is -1.12. The van der Waals surface area contributed by atoms with Crippen molar-refractivity contribution >= 4 is 23.5 Å². The molecule has 3 N–H and O–H groups in total. The zero-order valence-corrected chi connectivity index (χ0v) is 16.1. The van der Waals surface area contributed by atoms with Crippen molar-refractivity contribution in [1.29, 1.82) is 0 Å². The first-order valence-electron chi connectivity index (χ1n) is 9.50. The molecule has 1 heterocycles. The molecule has 2 amide bonds. The molecule has 8 heteroatoms. The van der Waals surface area contributed by atoms with Crippen LogP contribution in [0.1, 0.15) is 53.3 Å². The van der Waals surface area contributed by atoms with Gasteiger partial charge >= 0.3 is 5.97 Å². The van der Waals surface area contributed by atoms with Crippen LogP contribution in [-0.2, 0) is 4.79 Å². The number of anilines is 1. The van der Waals surface area contributed by atoms with Crippen LogP contribution in [-0.4, -0.2) is 40.0 Å². The van der Waals surface area contributed by atoms with Gasteiger partial charge in [0.25, 0.3) is 11.8 Å². The SMILES string of the molecule is CC(NC(=O)c1ccc(NC(=O)c2ccc(OC3CCCC3)nc2)cc1)C(=O)O. The standard InChI is InChI=1S/C21H23N3O5/c1-13(21(27)28)23-19(25)14-6-9-16(10-7-14)24-20(26)15-8-11-18(22-12-15)29-17-4-2-3-5-17/h6-13,17H,2-5H2,1H3,(H,23,25)(H,24,26)(H,27,28). The summed E-state index contributed by atoms with van der Waals surface area (Å²) in [6.45, 7) is 1.38. The summed E-state index contributed by atoms with van der Waals surface area (Å²) in [7, 11) is 0. The van der Waals surface area contributed by atoms with Crippen LogP contribution in [0.15, 0.2) is 42.6 Å². The zero-order chi connectivity index (χ0) is 20.8. The number of hydrogen-bond donors (Lipinski definition) is 3. The molecule has 0 aliphatic heterocycles. The number of carbonyl (C=O) groups is 3. The smallest absolute Gasteiger partial charge is 0.325 e. The summed E-state index contributed by atoms with van der Waals surface area (Å²) in [6.07, 6.45) is 6.08. The Morgan fingerprint density at radius 1 is 1.03 bits per heavy atom. The van der Waals surface area contributed by atoms with Crippen LogP contribution in [0, 0.1) is 0 Å². The van der Waals surface area contributed by atoms with Crippen molar-refractivity contribution in [2.24, 2.45) is 0 Å². The fraction of sp³-hybridized carbons (Fsp3) is 0.333. The van der Waals surface area contributed by atoms with E-state index in [9.17, 15) is 14.4 Å². The third-order valence-electron chi connectivity index (χ3n) is 4.71. The molecule has 8 nitrogen and oxygen atoms in total. The molecule has 1 aromatic carbocycles. The molecule has 1 aliphatic carbocycles. The summed E-state index contributed by atoms with van der Waals surface area (Å²) in [4.78, 5) is 39.4. The number of carboxylic acids is 1. The van der Waals surface area contributed by atoms with Crippen molar-refractivity contribution in [3.8, 4) is 5.88 Å². The van der Waals surface area contributed by atoms with Crippen molar-refractivity contribution in [3.05, 3.63) is 53.7 Å². The van der Waals surface area contributed by atoms with E-state index >= 15 is 0 Å². The van der Waals surface area contributed by atoms with Crippen LogP contribution in [0.3, 0.4) is 0 Å². The molecule has 1 aromatic heterocycles. The number of carbonyl (C=O) groups excluding carboxylic acids is 2. The van der Waals surface area contributed by atoms with Crippen molar-refractivity contribution in [1.82, 2.24) is 10.3 Å². The van der Waals surface area contributed by atoms with Crippen molar-refractivity contribution < 1.29 is 24.2 Å². The van der Waals surface area contributed by atoms with E-state index in [2.05, 4.69) is 15.6 Å². The average molecular weight is 397 g/mol. The van der Waals surface area contributed by atoms with E-state index in [1.165, 1.54) is 38.1 Å². The number of rotatable bonds is 7. The molecule has 0 radical (unpaired) electrons. The molecule has 0 saturated heterocycles. The second-order valence-corrected chi connectivity index (χ2v) is 6.97. The summed E-state index contributed by atoms with van der Waals surface area (Å²) >= 11 is 0. The highest BCUT2D eigenvalue weighted by molar-refractivity contribution is 6.04. The number of benzene rings is 1. The molecule has 1 saturated carbocycles. The van der Waals surface area contributed by atoms with Crippen LogP contribution in [0.5, 0.6) is 5.88 Å². The lowest BCUT2D eigenvalue weighted by atomic mass is 10.1. The van der Waals surface area contributed by atoms with E-state index < -0.39 is 17.9 Å². The summed E-state index contributed by atoms with van der Waals surface area (Å²) in [5, 5.41) is 13.9. The first-order chi connectivity index (χ1) is 13.9. The molecule has 1 aliphatic rings. The Morgan fingerprint density at radius 3 is 2.28 bits per heavy atom. The third kappa shape index (κ3) is 5.54. The van der Waals surface area contributed by atoms with Gasteiger partial charge in [0, 0.05) is 23.5 Å². The van der Waals surface area contributed by atoms with Gasteiger partial charge in [0.05, 0.1) is 5.56 Å². The molecular formula is C21H23N3O5. The average Bonchev–Trinajstić information content (AvgIpc) is 3.22. The normalized spacial score (nSPS) is 14.8. The lowest BCUT2D eigenvalue weighted by molar-refractivity contribution is -0.138. The second-order valence-electron chi connectivity index (χ2n) is 6.97. The lowest BCUT2D eigenvalue weighted by Crippen LogP contribution is -2.38. The summed E-state index contributed by atoms with van der Waals surface area (Å²) in [6, 6.07) is 8.51. The summed E-state index contributed by atoms with van der Waals surface area (Å²) < 4.78 is 5.79. The highest BCUT2D eigenvalue weighted by Crippen LogP contribution is 2.23. The number of aromatic nitrogens is 1. The highest BCUT2D eigenvalue weighted by atomic mass is 16.5. The minimum Gasteiger partial charge on any atom is -0.480 e. The maximum absolute atomic E-state index is 12.4. The number of aliphatic carboxylic acids is 1. The van der Waals surface area contributed by atoms with Gasteiger partial charge in [0.2, 0.25) is 5.88 Å². The van der Waals surface area contributed by atoms with Gasteiger partial charge in [-0.3, -0.25) is 14.4 Å². The van der Waals surface area contributed by atoms with Crippen molar-refractivity contribution in [2.75, 3.05) is 5.32 Å². The Balaban J connectivity index is 1.56. The fourth-order valence-corrected chi connectivity index (χ4v) is 3.01. The van der Waals surface area contributed by atoms with Gasteiger partial charge in [0.1, 0.15) is 12.1 Å².